The average Bonchev–Trinajstić information content (AvgIpc) is 2.77. The molecular formula is C24H25NO5. The van der Waals surface area contributed by atoms with E-state index < -0.39 is 0 Å². The van der Waals surface area contributed by atoms with Gasteiger partial charge in [-0.15, -0.1) is 0 Å². The number of ether oxygens (including phenoxy) is 3. The van der Waals surface area contributed by atoms with E-state index in [4.69, 9.17) is 14.2 Å². The maximum atomic E-state index is 13.2. The van der Waals surface area contributed by atoms with Crippen LogP contribution in [-0.2, 0) is 9.59 Å². The smallest absolute Gasteiger partial charge is 0.225 e. The molecular weight excluding hydrogens is 382 g/mol. The quantitative estimate of drug-likeness (QED) is 0.818. The van der Waals surface area contributed by atoms with Gasteiger partial charge in [-0.05, 0) is 47.7 Å². The molecule has 6 heteroatoms. The molecule has 2 aliphatic rings. The van der Waals surface area contributed by atoms with Crippen molar-refractivity contribution in [1.82, 2.24) is 5.32 Å². The fourth-order valence-corrected chi connectivity index (χ4v) is 4.42. The molecule has 0 saturated heterocycles. The van der Waals surface area contributed by atoms with Crippen molar-refractivity contribution in [2.75, 3.05) is 21.3 Å². The van der Waals surface area contributed by atoms with Crippen LogP contribution in [0.3, 0.4) is 0 Å². The van der Waals surface area contributed by atoms with E-state index in [0.29, 0.717) is 24.3 Å². The topological polar surface area (TPSA) is 73.9 Å². The zero-order valence-electron chi connectivity index (χ0n) is 17.4. The van der Waals surface area contributed by atoms with Crippen LogP contribution in [0.5, 0.6) is 17.2 Å². The summed E-state index contributed by atoms with van der Waals surface area (Å²) in [4.78, 5) is 25.7. The Morgan fingerprint density at radius 3 is 2.17 bits per heavy atom. The molecule has 30 heavy (non-hydrogen) atoms. The van der Waals surface area contributed by atoms with Crippen LogP contribution in [-0.4, -0.2) is 33.0 Å². The highest BCUT2D eigenvalue weighted by Crippen LogP contribution is 2.43. The van der Waals surface area contributed by atoms with E-state index in [1.807, 2.05) is 42.5 Å². The number of hydrogen-bond acceptors (Lipinski definition) is 5. The zero-order valence-corrected chi connectivity index (χ0v) is 17.4. The van der Waals surface area contributed by atoms with Gasteiger partial charge in [-0.3, -0.25) is 9.59 Å². The Hall–Kier alpha value is -3.28. The molecule has 1 heterocycles. The first-order valence-corrected chi connectivity index (χ1v) is 9.96. The maximum Gasteiger partial charge on any atom is 0.225 e. The van der Waals surface area contributed by atoms with Crippen molar-refractivity contribution >= 4 is 11.7 Å². The van der Waals surface area contributed by atoms with Crippen LogP contribution in [0.2, 0.25) is 0 Å². The van der Waals surface area contributed by atoms with Gasteiger partial charge in [0.25, 0.3) is 0 Å². The molecule has 0 fully saturated rings. The Bertz CT molecular complexity index is 1010. The minimum absolute atomic E-state index is 0.0222. The first-order chi connectivity index (χ1) is 14.5. The molecule has 0 saturated carbocycles. The first-order valence-electron chi connectivity index (χ1n) is 9.96. The molecule has 2 aromatic rings. The number of hydrogen-bond donors (Lipinski definition) is 1. The Morgan fingerprint density at radius 1 is 0.800 bits per heavy atom. The fraction of sp³-hybridized carbons (Fsp3) is 0.333. The highest BCUT2D eigenvalue weighted by molar-refractivity contribution is 6.02. The van der Waals surface area contributed by atoms with Crippen molar-refractivity contribution in [2.24, 2.45) is 0 Å². The first kappa shape index (κ1) is 20.0. The molecule has 1 amide bonds. The van der Waals surface area contributed by atoms with Crippen molar-refractivity contribution in [3.8, 4) is 17.2 Å². The molecule has 0 aromatic heterocycles. The molecule has 4 rings (SSSR count). The number of carbonyl (C=O) groups excluding carboxylic acids is 2. The minimum Gasteiger partial charge on any atom is -0.497 e. The van der Waals surface area contributed by atoms with Crippen molar-refractivity contribution in [3.05, 3.63) is 64.9 Å². The van der Waals surface area contributed by atoms with Gasteiger partial charge in [0, 0.05) is 30.0 Å². The molecule has 2 aromatic carbocycles. The van der Waals surface area contributed by atoms with E-state index in [0.717, 1.165) is 28.1 Å². The third-order valence-electron chi connectivity index (χ3n) is 5.93. The maximum absolute atomic E-state index is 13.2. The molecule has 0 spiro atoms. The molecule has 1 aliphatic heterocycles. The molecule has 0 unspecified atom stereocenters. The summed E-state index contributed by atoms with van der Waals surface area (Å²) in [6.07, 6.45) is 1.28. The van der Waals surface area contributed by atoms with Crippen LogP contribution in [0.15, 0.2) is 53.7 Å². The van der Waals surface area contributed by atoms with Gasteiger partial charge in [0.15, 0.2) is 17.3 Å². The summed E-state index contributed by atoms with van der Waals surface area (Å²) in [5.41, 5.74) is 3.42. The third-order valence-corrected chi connectivity index (χ3v) is 5.93. The van der Waals surface area contributed by atoms with Crippen molar-refractivity contribution in [3.63, 3.8) is 0 Å². The summed E-state index contributed by atoms with van der Waals surface area (Å²) in [6, 6.07) is 13.3. The second kappa shape index (κ2) is 8.22. The largest absolute Gasteiger partial charge is 0.497 e. The summed E-state index contributed by atoms with van der Waals surface area (Å²) in [6.45, 7) is 0. The normalized spacial score (nSPS) is 21.0. The van der Waals surface area contributed by atoms with Crippen LogP contribution >= 0.6 is 0 Å². The van der Waals surface area contributed by atoms with Crippen LogP contribution in [0, 0.1) is 0 Å². The van der Waals surface area contributed by atoms with Gasteiger partial charge in [-0.2, -0.15) is 0 Å². The molecule has 0 bridgehead atoms. The summed E-state index contributed by atoms with van der Waals surface area (Å²) < 4.78 is 15.9. The number of amides is 1. The minimum atomic E-state index is -0.224. The summed E-state index contributed by atoms with van der Waals surface area (Å²) in [7, 11) is 4.80. The molecule has 0 radical (unpaired) electrons. The number of methoxy groups -OCH3 is 3. The lowest BCUT2D eigenvalue weighted by Crippen LogP contribution is -2.38. The van der Waals surface area contributed by atoms with E-state index in [1.54, 1.807) is 21.3 Å². The number of rotatable bonds is 5. The van der Waals surface area contributed by atoms with E-state index in [9.17, 15) is 9.59 Å². The van der Waals surface area contributed by atoms with Crippen LogP contribution in [0.25, 0.3) is 0 Å². The standard InChI is InChI=1S/C24H25NO5/c1-28-17-7-4-14(5-8-17)18-13-23(27)25-19-10-16(11-20(26)24(18)19)15-6-9-21(29-2)22(12-15)30-3/h4-9,12,16,18H,10-11,13H2,1-3H3,(H,25,27)/t16-,18+/m1/s1. The molecule has 6 nitrogen and oxygen atoms in total. The predicted molar refractivity (Wildman–Crippen MR) is 112 cm³/mol. The lowest BCUT2D eigenvalue weighted by atomic mass is 9.73. The summed E-state index contributed by atoms with van der Waals surface area (Å²) in [5.74, 6) is 1.80. The second-order valence-corrected chi connectivity index (χ2v) is 7.61. The van der Waals surface area contributed by atoms with Crippen molar-refractivity contribution < 1.29 is 23.8 Å². The number of ketones is 1. The molecule has 1 aliphatic carbocycles. The number of benzene rings is 2. The van der Waals surface area contributed by atoms with Crippen molar-refractivity contribution in [1.29, 1.82) is 0 Å². The van der Waals surface area contributed by atoms with Crippen LogP contribution < -0.4 is 19.5 Å². The monoisotopic (exact) mass is 407 g/mol. The van der Waals surface area contributed by atoms with Crippen LogP contribution in [0.1, 0.15) is 42.2 Å². The fourth-order valence-electron chi connectivity index (χ4n) is 4.42. The third kappa shape index (κ3) is 3.65. The van der Waals surface area contributed by atoms with E-state index in [1.165, 1.54) is 0 Å². The Balaban J connectivity index is 1.67. The van der Waals surface area contributed by atoms with E-state index >= 15 is 0 Å². The number of carbonyl (C=O) groups is 2. The summed E-state index contributed by atoms with van der Waals surface area (Å²) in [5, 5.41) is 2.96. The zero-order chi connectivity index (χ0) is 21.3. The highest BCUT2D eigenvalue weighted by atomic mass is 16.5. The van der Waals surface area contributed by atoms with Gasteiger partial charge in [0.05, 0.1) is 21.3 Å². The average molecular weight is 407 g/mol. The van der Waals surface area contributed by atoms with Gasteiger partial charge in [0.1, 0.15) is 5.75 Å². The second-order valence-electron chi connectivity index (χ2n) is 7.61. The predicted octanol–water partition coefficient (Wildman–Crippen LogP) is 3.72. The van der Waals surface area contributed by atoms with E-state index in [2.05, 4.69) is 5.32 Å². The molecule has 2 atom stereocenters. The number of Topliss-reactive ketones (excluding diaryl/α,β-unsaturated/α-hetero) is 1. The lowest BCUT2D eigenvalue weighted by Gasteiger charge is -2.34. The Kier molecular flexibility index (Phi) is 5.48. The van der Waals surface area contributed by atoms with Gasteiger partial charge in [-0.25, -0.2) is 0 Å². The van der Waals surface area contributed by atoms with Gasteiger partial charge in [0.2, 0.25) is 5.91 Å². The van der Waals surface area contributed by atoms with Gasteiger partial charge < -0.3 is 19.5 Å². The molecule has 156 valence electrons. The highest BCUT2D eigenvalue weighted by Gasteiger charge is 2.38. The molecule has 1 N–H and O–H groups in total. The lowest BCUT2D eigenvalue weighted by molar-refractivity contribution is -0.122. The SMILES string of the molecule is COc1ccc([C@@H]2CC(=O)NC3=C2C(=O)C[C@H](c2ccc(OC)c(OC)c2)C3)cc1. The Labute approximate surface area is 175 Å². The van der Waals surface area contributed by atoms with E-state index in [-0.39, 0.29) is 29.9 Å². The van der Waals surface area contributed by atoms with Crippen molar-refractivity contribution in [2.45, 2.75) is 31.1 Å². The number of allylic oxidation sites excluding steroid dienone is 2. The Morgan fingerprint density at radius 2 is 1.50 bits per heavy atom. The van der Waals surface area contributed by atoms with Gasteiger partial charge >= 0.3 is 0 Å². The van der Waals surface area contributed by atoms with Gasteiger partial charge in [-0.1, -0.05) is 18.2 Å². The van der Waals surface area contributed by atoms with Crippen LogP contribution in [0.4, 0.5) is 0 Å². The number of nitrogens with one attached hydrogen (secondary N) is 1. The summed E-state index contributed by atoms with van der Waals surface area (Å²) >= 11 is 0.